The van der Waals surface area contributed by atoms with Gasteiger partial charge in [-0.1, -0.05) is 41.9 Å². The minimum Gasteiger partial charge on any atom is -0.423 e. The van der Waals surface area contributed by atoms with Crippen LogP contribution in [0.3, 0.4) is 0 Å². The maximum absolute atomic E-state index is 13.0. The average Bonchev–Trinajstić information content (AvgIpc) is 2.52. The molecule has 0 aliphatic carbocycles. The predicted octanol–water partition coefficient (Wildman–Crippen LogP) is 2.46. The Bertz CT molecular complexity index is 714. The second kappa shape index (κ2) is 7.39. The Kier molecular flexibility index (Phi) is 5.70. The van der Waals surface area contributed by atoms with E-state index in [0.29, 0.717) is 12.1 Å². The lowest BCUT2D eigenvalue weighted by Crippen LogP contribution is -2.45. The fourth-order valence-electron chi connectivity index (χ4n) is 2.41. The van der Waals surface area contributed by atoms with Crippen LogP contribution >= 0.6 is 11.6 Å². The summed E-state index contributed by atoms with van der Waals surface area (Å²) in [5.41, 5.74) is 1.12. The van der Waals surface area contributed by atoms with E-state index in [1.165, 1.54) is 12.1 Å². The van der Waals surface area contributed by atoms with Gasteiger partial charge in [0.15, 0.2) is 0 Å². The normalized spacial score (nSPS) is 11.2. The number of hydrogen-bond donors (Lipinski definition) is 2. The third kappa shape index (κ3) is 4.38. The van der Waals surface area contributed by atoms with E-state index in [4.69, 9.17) is 11.6 Å². The third-order valence-electron chi connectivity index (χ3n) is 3.76. The van der Waals surface area contributed by atoms with Crippen LogP contribution in [-0.2, 0) is 6.54 Å². The van der Waals surface area contributed by atoms with Gasteiger partial charge in [-0.05, 0) is 44.5 Å². The fraction of sp³-hybridized carbons (Fsp3) is 0.278. The molecule has 24 heavy (non-hydrogen) atoms. The number of amides is 1. The molecule has 2 rings (SSSR count). The molecule has 6 heteroatoms. The van der Waals surface area contributed by atoms with Crippen molar-refractivity contribution in [3.8, 4) is 0 Å². The van der Waals surface area contributed by atoms with Crippen LogP contribution in [0.5, 0.6) is 0 Å². The molecule has 4 nitrogen and oxygen atoms in total. The SMILES string of the molecule is CC(C)(C)N(Cc1ccccc1)C(=O)c1ccc(Cl)c(B(O)O)c1. The van der Waals surface area contributed by atoms with Gasteiger partial charge in [-0.15, -0.1) is 0 Å². The molecular formula is C18H21BClNO3. The molecule has 0 heterocycles. The molecule has 0 aliphatic rings. The summed E-state index contributed by atoms with van der Waals surface area (Å²) in [6, 6.07) is 14.3. The Morgan fingerprint density at radius 2 is 1.75 bits per heavy atom. The van der Waals surface area contributed by atoms with Crippen molar-refractivity contribution in [3.05, 3.63) is 64.7 Å². The van der Waals surface area contributed by atoms with E-state index in [2.05, 4.69) is 0 Å². The van der Waals surface area contributed by atoms with Crippen molar-refractivity contribution in [2.45, 2.75) is 32.9 Å². The summed E-state index contributed by atoms with van der Waals surface area (Å²) in [7, 11) is -1.72. The number of halogens is 1. The fourth-order valence-corrected chi connectivity index (χ4v) is 2.63. The maximum atomic E-state index is 13.0. The van der Waals surface area contributed by atoms with Crippen LogP contribution in [0.25, 0.3) is 0 Å². The van der Waals surface area contributed by atoms with Crippen LogP contribution in [0.4, 0.5) is 0 Å². The smallest absolute Gasteiger partial charge is 0.423 e. The van der Waals surface area contributed by atoms with Crippen LogP contribution in [-0.4, -0.2) is 33.5 Å². The van der Waals surface area contributed by atoms with Gasteiger partial charge in [-0.25, -0.2) is 0 Å². The van der Waals surface area contributed by atoms with Crippen LogP contribution in [0.1, 0.15) is 36.7 Å². The monoisotopic (exact) mass is 345 g/mol. The van der Waals surface area contributed by atoms with E-state index in [9.17, 15) is 14.8 Å². The van der Waals surface area contributed by atoms with E-state index in [1.807, 2.05) is 51.1 Å². The maximum Gasteiger partial charge on any atom is 0.489 e. The first-order valence-corrected chi connectivity index (χ1v) is 8.09. The van der Waals surface area contributed by atoms with Gasteiger partial charge < -0.3 is 14.9 Å². The molecule has 126 valence electrons. The molecule has 2 N–H and O–H groups in total. The molecule has 0 radical (unpaired) electrons. The molecule has 0 saturated carbocycles. The highest BCUT2D eigenvalue weighted by Crippen LogP contribution is 2.21. The third-order valence-corrected chi connectivity index (χ3v) is 4.10. The van der Waals surface area contributed by atoms with Crippen molar-refractivity contribution >= 4 is 30.1 Å². The Balaban J connectivity index is 2.37. The van der Waals surface area contributed by atoms with Crippen molar-refractivity contribution in [3.63, 3.8) is 0 Å². The number of nitrogens with zero attached hydrogens (tertiary/aromatic N) is 1. The minimum absolute atomic E-state index is 0.121. The van der Waals surface area contributed by atoms with Gasteiger partial charge in [0.1, 0.15) is 0 Å². The van der Waals surface area contributed by atoms with Gasteiger partial charge in [0.25, 0.3) is 5.91 Å². The number of rotatable bonds is 4. The zero-order chi connectivity index (χ0) is 17.9. The van der Waals surface area contributed by atoms with Crippen LogP contribution in [0.15, 0.2) is 48.5 Å². The number of benzene rings is 2. The van der Waals surface area contributed by atoms with Crippen molar-refractivity contribution in [1.82, 2.24) is 4.90 Å². The van der Waals surface area contributed by atoms with Gasteiger partial charge in [-0.3, -0.25) is 4.79 Å². The van der Waals surface area contributed by atoms with Crippen LogP contribution in [0.2, 0.25) is 5.02 Å². The predicted molar refractivity (Wildman–Crippen MR) is 97.3 cm³/mol. The summed E-state index contributed by atoms with van der Waals surface area (Å²) in [6.07, 6.45) is 0. The zero-order valence-corrected chi connectivity index (χ0v) is 14.8. The van der Waals surface area contributed by atoms with Crippen molar-refractivity contribution in [2.75, 3.05) is 0 Å². The molecule has 0 aromatic heterocycles. The molecule has 0 unspecified atom stereocenters. The Morgan fingerprint density at radius 3 is 2.29 bits per heavy atom. The van der Waals surface area contributed by atoms with E-state index in [0.717, 1.165) is 5.56 Å². The molecular weight excluding hydrogens is 324 g/mol. The molecule has 1 amide bonds. The highest BCUT2D eigenvalue weighted by atomic mass is 35.5. The van der Waals surface area contributed by atoms with E-state index in [-0.39, 0.29) is 16.4 Å². The molecule has 0 saturated heterocycles. The second-order valence-corrected chi connectivity index (χ2v) is 7.06. The molecule has 2 aromatic carbocycles. The Morgan fingerprint density at radius 1 is 1.12 bits per heavy atom. The molecule has 0 aliphatic heterocycles. The molecule has 0 atom stereocenters. The Hall–Kier alpha value is -1.82. The first kappa shape index (κ1) is 18.5. The van der Waals surface area contributed by atoms with E-state index in [1.54, 1.807) is 11.0 Å². The van der Waals surface area contributed by atoms with E-state index >= 15 is 0 Å². The lowest BCUT2D eigenvalue weighted by molar-refractivity contribution is 0.0559. The molecule has 0 fully saturated rings. The van der Waals surface area contributed by atoms with E-state index < -0.39 is 12.7 Å². The quantitative estimate of drug-likeness (QED) is 0.837. The summed E-state index contributed by atoms with van der Waals surface area (Å²) >= 11 is 5.95. The minimum atomic E-state index is -1.72. The summed E-state index contributed by atoms with van der Waals surface area (Å²) in [5.74, 6) is -0.190. The summed E-state index contributed by atoms with van der Waals surface area (Å²) in [6.45, 7) is 6.35. The first-order valence-electron chi connectivity index (χ1n) is 7.71. The van der Waals surface area contributed by atoms with Crippen molar-refractivity contribution < 1.29 is 14.8 Å². The lowest BCUT2D eigenvalue weighted by Gasteiger charge is -2.36. The van der Waals surface area contributed by atoms with Gasteiger partial charge in [0.2, 0.25) is 0 Å². The van der Waals surface area contributed by atoms with Gasteiger partial charge in [0.05, 0.1) is 0 Å². The lowest BCUT2D eigenvalue weighted by atomic mass is 9.79. The summed E-state index contributed by atoms with van der Waals surface area (Å²) in [5, 5.41) is 19.0. The number of hydrogen-bond acceptors (Lipinski definition) is 3. The Labute approximate surface area is 147 Å². The van der Waals surface area contributed by atoms with Crippen molar-refractivity contribution in [2.24, 2.45) is 0 Å². The van der Waals surface area contributed by atoms with Gasteiger partial charge >= 0.3 is 7.12 Å². The molecule has 0 spiro atoms. The molecule has 2 aromatic rings. The highest BCUT2D eigenvalue weighted by molar-refractivity contribution is 6.62. The zero-order valence-electron chi connectivity index (χ0n) is 14.0. The summed E-state index contributed by atoms with van der Waals surface area (Å²) in [4.78, 5) is 14.8. The van der Waals surface area contributed by atoms with Crippen LogP contribution < -0.4 is 5.46 Å². The standard InChI is InChI=1S/C18H21BClNO3/c1-18(2,3)21(12-13-7-5-4-6-8-13)17(22)14-9-10-16(20)15(11-14)19(23)24/h4-11,23-24H,12H2,1-3H3. The average molecular weight is 346 g/mol. The first-order chi connectivity index (χ1) is 11.2. The largest absolute Gasteiger partial charge is 0.489 e. The van der Waals surface area contributed by atoms with Gasteiger partial charge in [-0.2, -0.15) is 0 Å². The van der Waals surface area contributed by atoms with Gasteiger partial charge in [0, 0.05) is 28.1 Å². The number of carbonyl (C=O) groups is 1. The molecule has 0 bridgehead atoms. The number of carbonyl (C=O) groups excluding carboxylic acids is 1. The van der Waals surface area contributed by atoms with Crippen LogP contribution in [0, 0.1) is 0 Å². The highest BCUT2D eigenvalue weighted by Gasteiger charge is 2.28. The topological polar surface area (TPSA) is 60.8 Å². The second-order valence-electron chi connectivity index (χ2n) is 6.66. The van der Waals surface area contributed by atoms with Crippen molar-refractivity contribution in [1.29, 1.82) is 0 Å². The summed E-state index contributed by atoms with van der Waals surface area (Å²) < 4.78 is 0.